The largest absolute Gasteiger partial charge is 0.313 e. The van der Waals surface area contributed by atoms with Crippen LogP contribution in [0.5, 0.6) is 0 Å². The van der Waals surface area contributed by atoms with Crippen molar-refractivity contribution in [3.63, 3.8) is 0 Å². The number of benzene rings is 1. The Balaban J connectivity index is 1.57. The Bertz CT molecular complexity index is 592. The molecule has 3 nitrogen and oxygen atoms in total. The van der Waals surface area contributed by atoms with Gasteiger partial charge >= 0.3 is 0 Å². The van der Waals surface area contributed by atoms with Gasteiger partial charge in [-0.25, -0.2) is 4.68 Å². The summed E-state index contributed by atoms with van der Waals surface area (Å²) < 4.78 is 1.99. The SMILES string of the molecule is CNC(c1cnn(-c2ccccc2)c1)C1C2CCCCC21. The van der Waals surface area contributed by atoms with Crippen molar-refractivity contribution in [2.24, 2.45) is 17.8 Å². The molecule has 0 spiro atoms. The predicted octanol–water partition coefficient (Wildman–Crippen LogP) is 3.57. The molecule has 2 aliphatic carbocycles. The van der Waals surface area contributed by atoms with Crippen molar-refractivity contribution in [2.75, 3.05) is 7.05 Å². The number of fused-ring (bicyclic) bond motifs is 1. The van der Waals surface area contributed by atoms with Crippen molar-refractivity contribution < 1.29 is 0 Å². The normalized spacial score (nSPS) is 28.9. The molecule has 3 atom stereocenters. The van der Waals surface area contributed by atoms with E-state index in [1.54, 1.807) is 0 Å². The van der Waals surface area contributed by atoms with Gasteiger partial charge in [0.05, 0.1) is 11.9 Å². The summed E-state index contributed by atoms with van der Waals surface area (Å²) in [4.78, 5) is 0. The molecule has 1 aromatic carbocycles. The molecular formula is C18H23N3. The van der Waals surface area contributed by atoms with E-state index in [0.29, 0.717) is 6.04 Å². The number of para-hydroxylation sites is 1. The molecule has 3 unspecified atom stereocenters. The van der Waals surface area contributed by atoms with Crippen LogP contribution in [0.1, 0.15) is 37.3 Å². The number of hydrogen-bond acceptors (Lipinski definition) is 2. The molecule has 0 saturated heterocycles. The minimum absolute atomic E-state index is 0.468. The zero-order chi connectivity index (χ0) is 14.2. The Hall–Kier alpha value is -1.61. The highest BCUT2D eigenvalue weighted by Gasteiger charge is 2.54. The van der Waals surface area contributed by atoms with Gasteiger partial charge in [0.15, 0.2) is 0 Å². The van der Waals surface area contributed by atoms with E-state index in [2.05, 4.69) is 47.9 Å². The molecule has 2 fully saturated rings. The van der Waals surface area contributed by atoms with Gasteiger partial charge in [-0.1, -0.05) is 31.0 Å². The Morgan fingerprint density at radius 1 is 1.14 bits per heavy atom. The van der Waals surface area contributed by atoms with Gasteiger partial charge in [0.1, 0.15) is 0 Å². The van der Waals surface area contributed by atoms with Crippen LogP contribution in [0.4, 0.5) is 0 Å². The summed E-state index contributed by atoms with van der Waals surface area (Å²) in [7, 11) is 2.09. The number of nitrogens with one attached hydrogen (secondary N) is 1. The van der Waals surface area contributed by atoms with E-state index in [-0.39, 0.29) is 0 Å². The molecule has 110 valence electrons. The monoisotopic (exact) mass is 281 g/mol. The fourth-order valence-electron chi connectivity index (χ4n) is 4.34. The highest BCUT2D eigenvalue weighted by Crippen LogP contribution is 2.60. The quantitative estimate of drug-likeness (QED) is 0.928. The molecule has 0 radical (unpaired) electrons. The lowest BCUT2D eigenvalue weighted by atomic mass is 10.0. The molecule has 3 heteroatoms. The summed E-state index contributed by atoms with van der Waals surface area (Å²) in [6.45, 7) is 0. The van der Waals surface area contributed by atoms with Crippen LogP contribution in [0, 0.1) is 17.8 Å². The number of hydrogen-bond donors (Lipinski definition) is 1. The van der Waals surface area contributed by atoms with Crippen molar-refractivity contribution in [1.82, 2.24) is 15.1 Å². The molecule has 0 aliphatic heterocycles. The molecular weight excluding hydrogens is 258 g/mol. The predicted molar refractivity (Wildman–Crippen MR) is 84.3 cm³/mol. The third-order valence-electron chi connectivity index (χ3n) is 5.40. The molecule has 0 bridgehead atoms. The summed E-state index contributed by atoms with van der Waals surface area (Å²) in [5.74, 6) is 2.73. The third-order valence-corrected chi connectivity index (χ3v) is 5.40. The van der Waals surface area contributed by atoms with Crippen LogP contribution in [-0.2, 0) is 0 Å². The Morgan fingerprint density at radius 3 is 2.52 bits per heavy atom. The number of rotatable bonds is 4. The molecule has 0 amide bonds. The van der Waals surface area contributed by atoms with Gasteiger partial charge in [-0.3, -0.25) is 0 Å². The fourth-order valence-corrected chi connectivity index (χ4v) is 4.34. The van der Waals surface area contributed by atoms with Crippen molar-refractivity contribution in [2.45, 2.75) is 31.7 Å². The number of nitrogens with zero attached hydrogens (tertiary/aromatic N) is 2. The van der Waals surface area contributed by atoms with E-state index in [1.807, 2.05) is 16.9 Å². The lowest BCUT2D eigenvalue weighted by molar-refractivity contribution is 0.480. The second kappa shape index (κ2) is 5.30. The van der Waals surface area contributed by atoms with E-state index in [0.717, 1.165) is 23.4 Å². The van der Waals surface area contributed by atoms with Crippen molar-refractivity contribution in [3.8, 4) is 5.69 Å². The van der Waals surface area contributed by atoms with Crippen LogP contribution in [0.15, 0.2) is 42.7 Å². The van der Waals surface area contributed by atoms with E-state index in [4.69, 9.17) is 0 Å². The van der Waals surface area contributed by atoms with Gasteiger partial charge in [0.25, 0.3) is 0 Å². The van der Waals surface area contributed by atoms with Crippen LogP contribution in [0.3, 0.4) is 0 Å². The second-order valence-electron chi connectivity index (χ2n) is 6.51. The average Bonchev–Trinajstić information content (AvgIpc) is 3.04. The van der Waals surface area contributed by atoms with Crippen molar-refractivity contribution in [3.05, 3.63) is 48.3 Å². The van der Waals surface area contributed by atoms with Crippen LogP contribution >= 0.6 is 0 Å². The Labute approximate surface area is 126 Å². The fraction of sp³-hybridized carbons (Fsp3) is 0.500. The molecule has 1 heterocycles. The van der Waals surface area contributed by atoms with E-state index < -0.39 is 0 Å². The summed E-state index contributed by atoms with van der Waals surface area (Å²) >= 11 is 0. The van der Waals surface area contributed by atoms with Crippen molar-refractivity contribution >= 4 is 0 Å². The first-order chi connectivity index (χ1) is 10.4. The van der Waals surface area contributed by atoms with Crippen LogP contribution in [0.25, 0.3) is 5.69 Å². The van der Waals surface area contributed by atoms with Gasteiger partial charge < -0.3 is 5.32 Å². The van der Waals surface area contributed by atoms with Gasteiger partial charge in [0, 0.05) is 17.8 Å². The Kier molecular flexibility index (Phi) is 3.30. The first-order valence-electron chi connectivity index (χ1n) is 8.16. The zero-order valence-corrected chi connectivity index (χ0v) is 12.6. The van der Waals surface area contributed by atoms with Gasteiger partial charge in [-0.05, 0) is 49.8 Å². The standard InChI is InChI=1S/C18H23N3/c1-19-18(17-15-9-5-6-10-16(15)17)13-11-20-21(12-13)14-7-3-2-4-8-14/h2-4,7-8,11-12,15-19H,5-6,9-10H2,1H3. The van der Waals surface area contributed by atoms with Gasteiger partial charge in [-0.2, -0.15) is 5.10 Å². The van der Waals surface area contributed by atoms with Gasteiger partial charge in [0.2, 0.25) is 0 Å². The molecule has 2 aromatic rings. The lowest BCUT2D eigenvalue weighted by Gasteiger charge is -2.14. The number of aromatic nitrogens is 2. The minimum Gasteiger partial charge on any atom is -0.313 e. The van der Waals surface area contributed by atoms with Crippen LogP contribution in [-0.4, -0.2) is 16.8 Å². The highest BCUT2D eigenvalue weighted by molar-refractivity contribution is 5.32. The summed E-state index contributed by atoms with van der Waals surface area (Å²) in [5.41, 5.74) is 2.47. The maximum Gasteiger partial charge on any atom is 0.0645 e. The first kappa shape index (κ1) is 13.1. The molecule has 21 heavy (non-hydrogen) atoms. The highest BCUT2D eigenvalue weighted by atomic mass is 15.3. The second-order valence-corrected chi connectivity index (χ2v) is 6.51. The molecule has 1 N–H and O–H groups in total. The maximum atomic E-state index is 4.56. The Morgan fingerprint density at radius 2 is 1.86 bits per heavy atom. The minimum atomic E-state index is 0.468. The lowest BCUT2D eigenvalue weighted by Crippen LogP contribution is -2.19. The molecule has 2 saturated carbocycles. The summed E-state index contributed by atoms with van der Waals surface area (Å²) in [6, 6.07) is 10.8. The van der Waals surface area contributed by atoms with E-state index >= 15 is 0 Å². The summed E-state index contributed by atoms with van der Waals surface area (Å²) in [6.07, 6.45) is 9.95. The first-order valence-corrected chi connectivity index (χ1v) is 8.16. The van der Waals surface area contributed by atoms with Crippen LogP contribution < -0.4 is 5.32 Å². The molecule has 2 aliphatic rings. The van der Waals surface area contributed by atoms with Crippen molar-refractivity contribution in [1.29, 1.82) is 0 Å². The smallest absolute Gasteiger partial charge is 0.0645 e. The van der Waals surface area contributed by atoms with Crippen LogP contribution in [0.2, 0.25) is 0 Å². The summed E-state index contributed by atoms with van der Waals surface area (Å²) in [5, 5.41) is 8.11. The third kappa shape index (κ3) is 2.30. The topological polar surface area (TPSA) is 29.9 Å². The van der Waals surface area contributed by atoms with E-state index in [1.165, 1.54) is 31.2 Å². The average molecular weight is 281 g/mol. The van der Waals surface area contributed by atoms with E-state index in [9.17, 15) is 0 Å². The molecule has 4 rings (SSSR count). The molecule has 1 aromatic heterocycles. The van der Waals surface area contributed by atoms with Gasteiger partial charge in [-0.15, -0.1) is 0 Å². The zero-order valence-electron chi connectivity index (χ0n) is 12.6. The maximum absolute atomic E-state index is 4.56.